The molecule has 1 N–H and O–H groups in total. The van der Waals surface area contributed by atoms with E-state index in [0.29, 0.717) is 0 Å². The Morgan fingerprint density at radius 2 is 1.83 bits per heavy atom. The van der Waals surface area contributed by atoms with Crippen molar-refractivity contribution in [2.45, 2.75) is 38.9 Å². The van der Waals surface area contributed by atoms with Gasteiger partial charge in [-0.3, -0.25) is 0 Å². The van der Waals surface area contributed by atoms with Gasteiger partial charge in [0.2, 0.25) is 0 Å². The lowest BCUT2D eigenvalue weighted by molar-refractivity contribution is 0.00578. The second kappa shape index (κ2) is 3.59. The minimum atomic E-state index is -0.340. The SMILES string of the molecule is CC1(C)OB(c2c[nH]c3ncccc23)OC1(C)C. The Kier molecular flexibility index (Phi) is 2.34. The Hall–Kier alpha value is -1.33. The summed E-state index contributed by atoms with van der Waals surface area (Å²) in [7, 11) is -0.340. The van der Waals surface area contributed by atoms with Crippen LogP contribution in [0, 0.1) is 0 Å². The first-order valence-electron chi connectivity index (χ1n) is 6.18. The molecule has 3 heterocycles. The van der Waals surface area contributed by atoms with E-state index in [9.17, 15) is 0 Å². The molecule has 5 heteroatoms. The number of nitrogens with one attached hydrogen (secondary N) is 1. The van der Waals surface area contributed by atoms with E-state index in [0.717, 1.165) is 16.5 Å². The van der Waals surface area contributed by atoms with Gasteiger partial charge in [0.1, 0.15) is 5.65 Å². The zero-order valence-electron chi connectivity index (χ0n) is 11.2. The summed E-state index contributed by atoms with van der Waals surface area (Å²) < 4.78 is 12.1. The van der Waals surface area contributed by atoms with Crippen LogP contribution in [0.25, 0.3) is 11.0 Å². The van der Waals surface area contributed by atoms with Gasteiger partial charge >= 0.3 is 7.12 Å². The average Bonchev–Trinajstić information content (AvgIpc) is 2.78. The molecule has 0 atom stereocenters. The van der Waals surface area contributed by atoms with Gasteiger partial charge in [-0.2, -0.15) is 0 Å². The van der Waals surface area contributed by atoms with Crippen molar-refractivity contribution in [2.75, 3.05) is 0 Å². The predicted molar refractivity (Wildman–Crippen MR) is 71.8 cm³/mol. The molecule has 3 rings (SSSR count). The normalized spacial score (nSPS) is 21.7. The Morgan fingerprint density at radius 1 is 1.17 bits per heavy atom. The van der Waals surface area contributed by atoms with E-state index < -0.39 is 0 Å². The minimum Gasteiger partial charge on any atom is -0.399 e. The number of pyridine rings is 1. The van der Waals surface area contributed by atoms with Crippen LogP contribution in [0.5, 0.6) is 0 Å². The highest BCUT2D eigenvalue weighted by Gasteiger charge is 2.52. The van der Waals surface area contributed by atoms with Crippen LogP contribution < -0.4 is 5.46 Å². The number of hydrogen-bond donors (Lipinski definition) is 1. The second-order valence-electron chi connectivity index (χ2n) is 5.73. The number of aromatic nitrogens is 2. The van der Waals surface area contributed by atoms with Gasteiger partial charge in [-0.05, 0) is 33.8 Å². The molecule has 18 heavy (non-hydrogen) atoms. The van der Waals surface area contributed by atoms with Crippen molar-refractivity contribution in [2.24, 2.45) is 0 Å². The first-order valence-corrected chi connectivity index (χ1v) is 6.18. The van der Waals surface area contributed by atoms with E-state index in [1.165, 1.54) is 0 Å². The van der Waals surface area contributed by atoms with Crippen molar-refractivity contribution in [1.29, 1.82) is 0 Å². The quantitative estimate of drug-likeness (QED) is 0.779. The van der Waals surface area contributed by atoms with E-state index in [4.69, 9.17) is 9.31 Å². The van der Waals surface area contributed by atoms with Gasteiger partial charge in [0.05, 0.1) is 11.2 Å². The van der Waals surface area contributed by atoms with Crippen LogP contribution in [0.1, 0.15) is 27.7 Å². The lowest BCUT2D eigenvalue weighted by atomic mass is 9.79. The third kappa shape index (κ3) is 1.58. The van der Waals surface area contributed by atoms with Crippen LogP contribution in [0.2, 0.25) is 0 Å². The molecule has 1 aliphatic heterocycles. The molecule has 0 unspecified atom stereocenters. The van der Waals surface area contributed by atoms with Gasteiger partial charge in [-0.15, -0.1) is 0 Å². The van der Waals surface area contributed by atoms with E-state index in [-0.39, 0.29) is 18.3 Å². The monoisotopic (exact) mass is 244 g/mol. The third-order valence-corrected chi connectivity index (χ3v) is 3.99. The van der Waals surface area contributed by atoms with Gasteiger partial charge in [-0.25, -0.2) is 4.98 Å². The van der Waals surface area contributed by atoms with Crippen molar-refractivity contribution < 1.29 is 9.31 Å². The van der Waals surface area contributed by atoms with Crippen molar-refractivity contribution in [3.05, 3.63) is 24.5 Å². The Bertz CT molecular complexity index is 575. The molecular formula is C13H17BN2O2. The van der Waals surface area contributed by atoms with E-state index in [1.807, 2.05) is 18.3 Å². The maximum absolute atomic E-state index is 6.05. The third-order valence-electron chi connectivity index (χ3n) is 3.99. The van der Waals surface area contributed by atoms with E-state index >= 15 is 0 Å². The molecule has 2 aromatic heterocycles. The van der Waals surface area contributed by atoms with Crippen molar-refractivity contribution in [3.8, 4) is 0 Å². The second-order valence-corrected chi connectivity index (χ2v) is 5.73. The molecule has 94 valence electrons. The molecular weight excluding hydrogens is 227 g/mol. The Labute approximate surface area is 107 Å². The fourth-order valence-electron chi connectivity index (χ4n) is 2.14. The molecule has 1 saturated heterocycles. The summed E-state index contributed by atoms with van der Waals surface area (Å²) in [5, 5.41) is 1.05. The summed E-state index contributed by atoms with van der Waals surface area (Å²) in [4.78, 5) is 7.43. The maximum Gasteiger partial charge on any atom is 0.497 e. The number of rotatable bonds is 1. The van der Waals surface area contributed by atoms with Crippen LogP contribution in [-0.4, -0.2) is 28.3 Å². The largest absolute Gasteiger partial charge is 0.497 e. The fourth-order valence-corrected chi connectivity index (χ4v) is 2.14. The van der Waals surface area contributed by atoms with Crippen LogP contribution in [0.4, 0.5) is 0 Å². The number of aromatic amines is 1. The topological polar surface area (TPSA) is 47.1 Å². The Balaban J connectivity index is 2.03. The molecule has 0 bridgehead atoms. The molecule has 4 nitrogen and oxygen atoms in total. The zero-order chi connectivity index (χ0) is 13.0. The zero-order valence-corrected chi connectivity index (χ0v) is 11.2. The average molecular weight is 244 g/mol. The Morgan fingerprint density at radius 3 is 2.50 bits per heavy atom. The molecule has 0 radical (unpaired) electrons. The molecule has 0 amide bonds. The van der Waals surface area contributed by atoms with Crippen LogP contribution in [0.15, 0.2) is 24.5 Å². The lowest BCUT2D eigenvalue weighted by Gasteiger charge is -2.32. The van der Waals surface area contributed by atoms with Crippen molar-refractivity contribution in [1.82, 2.24) is 9.97 Å². The summed E-state index contributed by atoms with van der Waals surface area (Å²) in [6.45, 7) is 8.22. The number of H-pyrrole nitrogens is 1. The van der Waals surface area contributed by atoms with Crippen LogP contribution in [-0.2, 0) is 9.31 Å². The molecule has 0 aromatic carbocycles. The van der Waals surface area contributed by atoms with Gasteiger partial charge < -0.3 is 14.3 Å². The number of fused-ring (bicyclic) bond motifs is 1. The van der Waals surface area contributed by atoms with Crippen molar-refractivity contribution in [3.63, 3.8) is 0 Å². The molecule has 0 aliphatic carbocycles. The summed E-state index contributed by atoms with van der Waals surface area (Å²) >= 11 is 0. The van der Waals surface area contributed by atoms with Gasteiger partial charge in [-0.1, -0.05) is 6.07 Å². The molecule has 0 spiro atoms. The highest BCUT2D eigenvalue weighted by molar-refractivity contribution is 6.65. The van der Waals surface area contributed by atoms with Crippen molar-refractivity contribution >= 4 is 23.6 Å². The van der Waals surface area contributed by atoms with Crippen LogP contribution in [0.3, 0.4) is 0 Å². The van der Waals surface area contributed by atoms with Gasteiger partial charge in [0, 0.05) is 23.2 Å². The fraction of sp³-hybridized carbons (Fsp3) is 0.462. The smallest absolute Gasteiger partial charge is 0.399 e. The number of nitrogens with zero attached hydrogens (tertiary/aromatic N) is 1. The highest BCUT2D eigenvalue weighted by Crippen LogP contribution is 2.36. The lowest BCUT2D eigenvalue weighted by Crippen LogP contribution is -2.41. The minimum absolute atomic E-state index is 0.316. The van der Waals surface area contributed by atoms with Gasteiger partial charge in [0.25, 0.3) is 0 Å². The first kappa shape index (κ1) is 11.7. The molecule has 1 fully saturated rings. The summed E-state index contributed by atoms with van der Waals surface area (Å²) in [5.41, 5.74) is 1.24. The summed E-state index contributed by atoms with van der Waals surface area (Å²) in [6.07, 6.45) is 3.69. The molecule has 1 aliphatic rings. The number of hydrogen-bond acceptors (Lipinski definition) is 3. The molecule has 2 aromatic rings. The first-order chi connectivity index (χ1) is 8.41. The summed E-state index contributed by atoms with van der Waals surface area (Å²) in [6, 6.07) is 3.95. The molecule has 0 saturated carbocycles. The highest BCUT2D eigenvalue weighted by atomic mass is 16.7. The van der Waals surface area contributed by atoms with Gasteiger partial charge in [0.15, 0.2) is 0 Å². The predicted octanol–water partition coefficient (Wildman–Crippen LogP) is 1.86. The van der Waals surface area contributed by atoms with Crippen LogP contribution >= 0.6 is 0 Å². The summed E-state index contributed by atoms with van der Waals surface area (Å²) in [5.74, 6) is 0. The standard InChI is InChI=1S/C13H17BN2O2/c1-12(2)13(3,4)18-14(17-12)10-8-16-11-9(10)6-5-7-15-11/h5-8H,1-4H3,(H,15,16). The maximum atomic E-state index is 6.05. The van der Waals surface area contributed by atoms with E-state index in [1.54, 1.807) is 6.20 Å². The van der Waals surface area contributed by atoms with E-state index in [2.05, 4.69) is 37.7 Å².